The molecule has 4 atom stereocenters. The van der Waals surface area contributed by atoms with Crippen molar-refractivity contribution in [1.29, 1.82) is 0 Å². The lowest BCUT2D eigenvalue weighted by Gasteiger charge is -2.43. The van der Waals surface area contributed by atoms with Gasteiger partial charge in [-0.05, 0) is 43.7 Å². The first-order chi connectivity index (χ1) is 19.8. The van der Waals surface area contributed by atoms with E-state index >= 15 is 0 Å². The molecule has 5 N–H and O–H groups in total. The summed E-state index contributed by atoms with van der Waals surface area (Å²) in [7, 11) is 0. The number of phenols is 1. The molecular weight excluding hydrogens is 548 g/mol. The highest BCUT2D eigenvalue weighted by atomic mass is 16.7. The average Bonchev–Trinajstić information content (AvgIpc) is 2.95. The minimum atomic E-state index is -2.98. The number of hydrogen-bond donors (Lipinski definition) is 5. The zero-order valence-corrected chi connectivity index (χ0v) is 22.8. The van der Waals surface area contributed by atoms with E-state index in [1.54, 1.807) is 12.2 Å². The van der Waals surface area contributed by atoms with Gasteiger partial charge in [0.15, 0.2) is 17.7 Å². The summed E-state index contributed by atoms with van der Waals surface area (Å²) in [6.07, 6.45) is -3.65. The lowest BCUT2D eigenvalue weighted by Crippen LogP contribution is -2.66. The molecule has 5 rings (SSSR count). The number of ketones is 2. The number of fused-ring (bicyclic) bond motifs is 2. The van der Waals surface area contributed by atoms with Gasteiger partial charge in [0.25, 0.3) is 0 Å². The van der Waals surface area contributed by atoms with Gasteiger partial charge >= 0.3 is 5.97 Å². The Morgan fingerprint density at radius 1 is 0.929 bits per heavy atom. The van der Waals surface area contributed by atoms with Crippen LogP contribution in [0.4, 0.5) is 0 Å². The average molecular weight is 577 g/mol. The van der Waals surface area contributed by atoms with Crippen LogP contribution in [0.25, 0.3) is 12.2 Å². The van der Waals surface area contributed by atoms with Gasteiger partial charge in [-0.25, -0.2) is 0 Å². The molecule has 3 aromatic carbocycles. The summed E-state index contributed by atoms with van der Waals surface area (Å²) in [4.78, 5) is 39.5. The van der Waals surface area contributed by atoms with Gasteiger partial charge in [0.2, 0.25) is 12.1 Å². The Morgan fingerprint density at radius 2 is 1.60 bits per heavy atom. The molecule has 1 heterocycles. The number of ether oxygens (including phenoxy) is 3. The molecule has 1 aliphatic carbocycles. The van der Waals surface area contributed by atoms with Crippen LogP contribution < -0.4 is 9.47 Å². The van der Waals surface area contributed by atoms with Crippen LogP contribution in [0.15, 0.2) is 48.5 Å². The largest absolute Gasteiger partial charge is 0.507 e. The molecule has 0 saturated carbocycles. The number of carbonyl (C=O) groups excluding carboxylic acids is 3. The van der Waals surface area contributed by atoms with Crippen LogP contribution in [0.2, 0.25) is 0 Å². The number of phenolic OH excluding ortho intramolecular Hbond substituents is 1. The molecule has 11 heteroatoms. The van der Waals surface area contributed by atoms with E-state index in [1.165, 1.54) is 39.0 Å². The monoisotopic (exact) mass is 576 g/mol. The van der Waals surface area contributed by atoms with Gasteiger partial charge in [0.05, 0.1) is 11.7 Å². The van der Waals surface area contributed by atoms with Crippen LogP contribution in [0.3, 0.4) is 0 Å². The number of aliphatic hydroxyl groups excluding tert-OH is 2. The summed E-state index contributed by atoms with van der Waals surface area (Å²) < 4.78 is 16.4. The van der Waals surface area contributed by atoms with Crippen molar-refractivity contribution in [3.63, 3.8) is 0 Å². The molecule has 1 fully saturated rings. The van der Waals surface area contributed by atoms with Crippen molar-refractivity contribution >= 4 is 29.7 Å². The molecular formula is C31H28O11. The van der Waals surface area contributed by atoms with Crippen LogP contribution in [0.1, 0.15) is 62.4 Å². The maximum Gasteiger partial charge on any atom is 0.308 e. The predicted molar refractivity (Wildman–Crippen MR) is 147 cm³/mol. The molecule has 0 bridgehead atoms. The molecule has 2 aliphatic rings. The van der Waals surface area contributed by atoms with Gasteiger partial charge in [-0.15, -0.1) is 0 Å². The Balaban J connectivity index is 1.62. The van der Waals surface area contributed by atoms with Gasteiger partial charge in [0.1, 0.15) is 23.4 Å². The van der Waals surface area contributed by atoms with Crippen molar-refractivity contribution in [1.82, 2.24) is 0 Å². The van der Waals surface area contributed by atoms with Gasteiger partial charge in [-0.3, -0.25) is 14.4 Å². The maximum atomic E-state index is 14.0. The molecule has 0 spiro atoms. The number of carbonyl (C=O) groups is 3. The lowest BCUT2D eigenvalue weighted by atomic mass is 9.80. The summed E-state index contributed by atoms with van der Waals surface area (Å²) in [5.41, 5.74) is 0.354. The fourth-order valence-corrected chi connectivity index (χ4v) is 5.03. The fraction of sp³-hybridized carbons (Fsp3) is 0.258. The summed E-state index contributed by atoms with van der Waals surface area (Å²) in [5.74, 6) is -5.69. The Labute approximate surface area is 239 Å². The van der Waals surface area contributed by atoms with E-state index in [1.807, 2.05) is 30.3 Å². The van der Waals surface area contributed by atoms with Crippen molar-refractivity contribution in [2.75, 3.05) is 0 Å². The Kier molecular flexibility index (Phi) is 7.48. The Morgan fingerprint density at radius 3 is 2.26 bits per heavy atom. The summed E-state index contributed by atoms with van der Waals surface area (Å²) in [6.45, 7) is 3.93. The second-order valence-corrected chi connectivity index (χ2v) is 10.2. The number of rotatable bonds is 5. The van der Waals surface area contributed by atoms with Gasteiger partial charge in [-0.1, -0.05) is 36.4 Å². The third-order valence-electron chi connectivity index (χ3n) is 7.32. The third kappa shape index (κ3) is 4.87. The van der Waals surface area contributed by atoms with E-state index in [-0.39, 0.29) is 44.9 Å². The van der Waals surface area contributed by atoms with Crippen molar-refractivity contribution in [2.24, 2.45) is 0 Å². The molecule has 42 heavy (non-hydrogen) atoms. The topological polar surface area (TPSA) is 180 Å². The summed E-state index contributed by atoms with van der Waals surface area (Å²) >= 11 is 0. The molecule has 11 nitrogen and oxygen atoms in total. The van der Waals surface area contributed by atoms with E-state index in [0.29, 0.717) is 0 Å². The molecule has 0 amide bonds. The smallest absolute Gasteiger partial charge is 0.308 e. The van der Waals surface area contributed by atoms with Crippen molar-refractivity contribution in [3.8, 4) is 17.2 Å². The highest BCUT2D eigenvalue weighted by molar-refractivity contribution is 6.31. The van der Waals surface area contributed by atoms with Crippen LogP contribution >= 0.6 is 0 Å². The van der Waals surface area contributed by atoms with E-state index in [2.05, 4.69) is 0 Å². The highest BCUT2D eigenvalue weighted by Gasteiger charge is 2.54. The maximum absolute atomic E-state index is 14.0. The van der Waals surface area contributed by atoms with Crippen LogP contribution in [-0.2, 0) is 9.53 Å². The Hall–Kier alpha value is -4.39. The van der Waals surface area contributed by atoms with Gasteiger partial charge < -0.3 is 39.7 Å². The van der Waals surface area contributed by atoms with Gasteiger partial charge in [0, 0.05) is 34.7 Å². The molecule has 1 saturated heterocycles. The second-order valence-electron chi connectivity index (χ2n) is 10.2. The number of aliphatic hydroxyl groups is 4. The lowest BCUT2D eigenvalue weighted by molar-refractivity contribution is -0.371. The normalized spacial score (nSPS) is 22.9. The quantitative estimate of drug-likeness (QED) is 0.102. The number of esters is 1. The standard InChI is InChI=1S/C31H28O11/c1-14-22(42-30-29(37)31(38,39)28(36)15(2)40-30)13-20-24(25(14)33)26(34)19-11-12-21(41-16(3)32)18(23(19)27(20)35)10-9-17-7-5-4-6-8-17/h4-13,15,28-30,33,36-39H,1-3H3/t15-,28+,29-,30-/m0/s1. The van der Waals surface area contributed by atoms with E-state index < -0.39 is 53.7 Å². The van der Waals surface area contributed by atoms with Gasteiger partial charge in [-0.2, -0.15) is 0 Å². The van der Waals surface area contributed by atoms with E-state index in [0.717, 1.165) is 5.56 Å². The molecule has 1 aliphatic heterocycles. The van der Waals surface area contributed by atoms with Crippen LogP contribution in [-0.4, -0.2) is 73.5 Å². The zero-order valence-electron chi connectivity index (χ0n) is 22.8. The van der Waals surface area contributed by atoms with Crippen molar-refractivity contribution in [3.05, 3.63) is 87.5 Å². The molecule has 0 aromatic heterocycles. The fourth-order valence-electron chi connectivity index (χ4n) is 5.03. The number of hydrogen-bond acceptors (Lipinski definition) is 11. The van der Waals surface area contributed by atoms with E-state index in [4.69, 9.17) is 14.2 Å². The van der Waals surface area contributed by atoms with E-state index in [9.17, 15) is 39.9 Å². The Bertz CT molecular complexity index is 1620. The summed E-state index contributed by atoms with van der Waals surface area (Å²) in [5, 5.41) is 51.8. The third-order valence-corrected chi connectivity index (χ3v) is 7.32. The molecule has 3 aromatic rings. The van der Waals surface area contributed by atoms with Crippen LogP contribution in [0, 0.1) is 6.92 Å². The highest BCUT2D eigenvalue weighted by Crippen LogP contribution is 2.43. The predicted octanol–water partition coefficient (Wildman–Crippen LogP) is 2.10. The zero-order chi connectivity index (χ0) is 30.5. The first-order valence-electron chi connectivity index (χ1n) is 13.0. The van der Waals surface area contributed by atoms with Crippen molar-refractivity contribution in [2.45, 2.75) is 51.2 Å². The second kappa shape index (κ2) is 10.8. The molecule has 0 unspecified atom stereocenters. The van der Waals surface area contributed by atoms with Crippen LogP contribution in [0.5, 0.6) is 17.2 Å². The molecule has 0 radical (unpaired) electrons. The SMILES string of the molecule is CC(=O)Oc1ccc2c(c1C=Cc1ccccc1)C(=O)c1cc(O[C@@H]3O[C@@H](C)[C@@H](O)C(O)(O)[C@H]3O)c(C)c(O)c1C2=O. The first kappa shape index (κ1) is 29.1. The first-order valence-corrected chi connectivity index (χ1v) is 13.0. The number of benzene rings is 3. The number of aromatic hydroxyl groups is 1. The summed E-state index contributed by atoms with van der Waals surface area (Å²) in [6, 6.07) is 13.0. The van der Waals surface area contributed by atoms with Crippen molar-refractivity contribution < 1.29 is 54.1 Å². The minimum Gasteiger partial charge on any atom is -0.507 e. The molecule has 218 valence electrons. The minimum absolute atomic E-state index is 0.00938.